The molecule has 3 nitrogen and oxygen atoms in total. The maximum absolute atomic E-state index is 12.2. The highest BCUT2D eigenvalue weighted by molar-refractivity contribution is 7.12. The van der Waals surface area contributed by atoms with Gasteiger partial charge in [0.2, 0.25) is 0 Å². The minimum Gasteiger partial charge on any atom is -0.496 e. The molecule has 0 aliphatic carbocycles. The Morgan fingerprint density at radius 2 is 2.53 bits per heavy atom. The van der Waals surface area contributed by atoms with E-state index in [4.69, 9.17) is 16.3 Å². The SMILES string of the molecule is COc1csc(C(=O)N2CCCC(CCl)C2)c1. The molecule has 1 amide bonds. The molecule has 1 aromatic rings. The number of rotatable bonds is 3. The fourth-order valence-electron chi connectivity index (χ4n) is 2.07. The lowest BCUT2D eigenvalue weighted by molar-refractivity contribution is 0.0689. The quantitative estimate of drug-likeness (QED) is 0.793. The molecule has 1 aliphatic heterocycles. The zero-order chi connectivity index (χ0) is 12.3. The number of carbonyl (C=O) groups excluding carboxylic acids is 1. The number of amides is 1. The molecule has 0 bridgehead atoms. The van der Waals surface area contributed by atoms with E-state index in [9.17, 15) is 4.79 Å². The number of hydrogen-bond acceptors (Lipinski definition) is 3. The van der Waals surface area contributed by atoms with Crippen LogP contribution in [0, 0.1) is 5.92 Å². The van der Waals surface area contributed by atoms with E-state index in [0.29, 0.717) is 11.8 Å². The van der Waals surface area contributed by atoms with Crippen molar-refractivity contribution < 1.29 is 9.53 Å². The van der Waals surface area contributed by atoms with Gasteiger partial charge in [0, 0.05) is 30.4 Å². The van der Waals surface area contributed by atoms with Crippen molar-refractivity contribution in [3.05, 3.63) is 16.3 Å². The van der Waals surface area contributed by atoms with Gasteiger partial charge in [0.1, 0.15) is 5.75 Å². The Hall–Kier alpha value is -0.740. The lowest BCUT2D eigenvalue weighted by Crippen LogP contribution is -2.40. The Labute approximate surface area is 110 Å². The number of halogens is 1. The van der Waals surface area contributed by atoms with Crippen LogP contribution in [0.2, 0.25) is 0 Å². The van der Waals surface area contributed by atoms with Crippen LogP contribution in [0.15, 0.2) is 11.4 Å². The first kappa shape index (κ1) is 12.7. The molecule has 5 heteroatoms. The first-order valence-corrected chi connectivity index (χ1v) is 7.13. The average molecular weight is 274 g/mol. The van der Waals surface area contributed by atoms with Gasteiger partial charge in [0.25, 0.3) is 5.91 Å². The number of likely N-dealkylation sites (tertiary alicyclic amines) is 1. The molecule has 1 aliphatic rings. The van der Waals surface area contributed by atoms with E-state index < -0.39 is 0 Å². The third-order valence-electron chi connectivity index (χ3n) is 3.05. The summed E-state index contributed by atoms with van der Waals surface area (Å²) < 4.78 is 5.09. The first-order valence-electron chi connectivity index (χ1n) is 5.72. The molecule has 1 atom stereocenters. The molecule has 1 saturated heterocycles. The predicted molar refractivity (Wildman–Crippen MR) is 70.2 cm³/mol. The van der Waals surface area contributed by atoms with Crippen LogP contribution in [0.1, 0.15) is 22.5 Å². The van der Waals surface area contributed by atoms with Gasteiger partial charge in [-0.1, -0.05) is 0 Å². The Morgan fingerprint density at radius 3 is 3.18 bits per heavy atom. The maximum Gasteiger partial charge on any atom is 0.264 e. The van der Waals surface area contributed by atoms with Crippen LogP contribution < -0.4 is 4.74 Å². The lowest BCUT2D eigenvalue weighted by Gasteiger charge is -2.31. The van der Waals surface area contributed by atoms with Gasteiger partial charge in [0.15, 0.2) is 0 Å². The standard InChI is InChI=1S/C12H16ClNO2S/c1-16-10-5-11(17-8-10)12(15)14-4-2-3-9(6-13)7-14/h5,8-9H,2-4,6-7H2,1H3. The van der Waals surface area contributed by atoms with E-state index in [1.807, 2.05) is 10.3 Å². The van der Waals surface area contributed by atoms with Crippen LogP contribution >= 0.6 is 22.9 Å². The Morgan fingerprint density at radius 1 is 1.71 bits per heavy atom. The van der Waals surface area contributed by atoms with Crippen molar-refractivity contribution in [3.8, 4) is 5.75 Å². The number of hydrogen-bond donors (Lipinski definition) is 0. The highest BCUT2D eigenvalue weighted by Gasteiger charge is 2.24. The maximum atomic E-state index is 12.2. The molecule has 0 spiro atoms. The fraction of sp³-hybridized carbons (Fsp3) is 0.583. The third-order valence-corrected chi connectivity index (χ3v) is 4.38. The van der Waals surface area contributed by atoms with Gasteiger partial charge >= 0.3 is 0 Å². The van der Waals surface area contributed by atoms with E-state index in [-0.39, 0.29) is 5.91 Å². The topological polar surface area (TPSA) is 29.5 Å². The molecule has 2 rings (SSSR count). The van der Waals surface area contributed by atoms with Gasteiger partial charge in [-0.25, -0.2) is 0 Å². The van der Waals surface area contributed by atoms with Crippen LogP contribution in [0.4, 0.5) is 0 Å². The molecule has 0 N–H and O–H groups in total. The molecule has 0 saturated carbocycles. The first-order chi connectivity index (χ1) is 8.24. The summed E-state index contributed by atoms with van der Waals surface area (Å²) in [7, 11) is 1.61. The number of piperidine rings is 1. The second-order valence-corrected chi connectivity index (χ2v) is 5.48. The summed E-state index contributed by atoms with van der Waals surface area (Å²) in [6.07, 6.45) is 2.17. The van der Waals surface area contributed by atoms with E-state index in [1.165, 1.54) is 11.3 Å². The van der Waals surface area contributed by atoms with E-state index in [1.54, 1.807) is 13.2 Å². The van der Waals surface area contributed by atoms with E-state index in [0.717, 1.165) is 36.6 Å². The average Bonchev–Trinajstić information content (AvgIpc) is 2.86. The van der Waals surface area contributed by atoms with Crippen molar-refractivity contribution in [2.24, 2.45) is 5.92 Å². The highest BCUT2D eigenvalue weighted by atomic mass is 35.5. The monoisotopic (exact) mass is 273 g/mol. The predicted octanol–water partition coefficient (Wildman–Crippen LogP) is 2.85. The van der Waals surface area contributed by atoms with Crippen molar-refractivity contribution in [1.82, 2.24) is 4.90 Å². The second kappa shape index (κ2) is 5.74. The molecular formula is C12H16ClNO2S. The van der Waals surface area contributed by atoms with Crippen LogP contribution in [-0.4, -0.2) is 36.9 Å². The Balaban J connectivity index is 2.03. The minimum atomic E-state index is 0.105. The lowest BCUT2D eigenvalue weighted by atomic mass is 10.00. The van der Waals surface area contributed by atoms with Crippen molar-refractivity contribution in [2.45, 2.75) is 12.8 Å². The van der Waals surface area contributed by atoms with Crippen molar-refractivity contribution >= 4 is 28.8 Å². The van der Waals surface area contributed by atoms with Crippen LogP contribution in [-0.2, 0) is 0 Å². The molecule has 1 aromatic heterocycles. The number of carbonyl (C=O) groups is 1. The summed E-state index contributed by atoms with van der Waals surface area (Å²) in [4.78, 5) is 14.9. The number of alkyl halides is 1. The smallest absolute Gasteiger partial charge is 0.264 e. The van der Waals surface area contributed by atoms with E-state index in [2.05, 4.69) is 0 Å². The van der Waals surface area contributed by atoms with Crippen molar-refractivity contribution in [1.29, 1.82) is 0 Å². The fourth-order valence-corrected chi connectivity index (χ4v) is 3.14. The van der Waals surface area contributed by atoms with Gasteiger partial charge < -0.3 is 9.64 Å². The molecule has 0 radical (unpaired) electrons. The van der Waals surface area contributed by atoms with Crippen molar-refractivity contribution in [2.75, 3.05) is 26.1 Å². The van der Waals surface area contributed by atoms with Crippen LogP contribution in [0.25, 0.3) is 0 Å². The number of methoxy groups -OCH3 is 1. The molecule has 17 heavy (non-hydrogen) atoms. The van der Waals surface area contributed by atoms with Crippen LogP contribution in [0.3, 0.4) is 0 Å². The molecule has 94 valence electrons. The van der Waals surface area contributed by atoms with Crippen LogP contribution in [0.5, 0.6) is 5.75 Å². The molecule has 2 heterocycles. The summed E-state index contributed by atoms with van der Waals surface area (Å²) in [6, 6.07) is 1.80. The summed E-state index contributed by atoms with van der Waals surface area (Å²) in [6.45, 7) is 1.62. The van der Waals surface area contributed by atoms with E-state index >= 15 is 0 Å². The summed E-state index contributed by atoms with van der Waals surface area (Å²) in [5, 5.41) is 1.86. The summed E-state index contributed by atoms with van der Waals surface area (Å²) >= 11 is 7.30. The Kier molecular flexibility index (Phi) is 4.29. The molecule has 1 unspecified atom stereocenters. The number of ether oxygens (including phenoxy) is 1. The minimum absolute atomic E-state index is 0.105. The zero-order valence-electron chi connectivity index (χ0n) is 9.82. The zero-order valence-corrected chi connectivity index (χ0v) is 11.4. The van der Waals surface area contributed by atoms with Gasteiger partial charge in [-0.2, -0.15) is 0 Å². The highest BCUT2D eigenvalue weighted by Crippen LogP contribution is 2.25. The normalized spacial score (nSPS) is 20.4. The molecule has 0 aromatic carbocycles. The summed E-state index contributed by atoms with van der Waals surface area (Å²) in [5.41, 5.74) is 0. The number of thiophene rings is 1. The van der Waals surface area contributed by atoms with Gasteiger partial charge in [-0.15, -0.1) is 22.9 Å². The molecule has 1 fully saturated rings. The Bertz CT molecular complexity index is 394. The van der Waals surface area contributed by atoms with Gasteiger partial charge in [0.05, 0.1) is 12.0 Å². The van der Waals surface area contributed by atoms with Gasteiger partial charge in [-0.3, -0.25) is 4.79 Å². The second-order valence-electron chi connectivity index (χ2n) is 4.26. The largest absolute Gasteiger partial charge is 0.496 e. The number of nitrogens with zero attached hydrogens (tertiary/aromatic N) is 1. The molecular weight excluding hydrogens is 258 g/mol. The van der Waals surface area contributed by atoms with Crippen molar-refractivity contribution in [3.63, 3.8) is 0 Å². The van der Waals surface area contributed by atoms with Gasteiger partial charge in [-0.05, 0) is 18.8 Å². The summed E-state index contributed by atoms with van der Waals surface area (Å²) in [5.74, 6) is 1.94. The third kappa shape index (κ3) is 2.93.